The van der Waals surface area contributed by atoms with E-state index < -0.39 is 0 Å². The molecule has 3 rings (SSSR count). The molecule has 0 saturated heterocycles. The van der Waals surface area contributed by atoms with Gasteiger partial charge in [0.25, 0.3) is 0 Å². The van der Waals surface area contributed by atoms with E-state index >= 15 is 0 Å². The lowest BCUT2D eigenvalue weighted by atomic mass is 9.84. The van der Waals surface area contributed by atoms with Crippen LogP contribution in [0.4, 0.5) is 0 Å². The molecule has 2 heterocycles. The first-order valence-electron chi connectivity index (χ1n) is 7.01. The molecular weight excluding hydrogens is 258 g/mol. The topological polar surface area (TPSA) is 12.0 Å². The molecule has 98 valence electrons. The lowest BCUT2D eigenvalue weighted by molar-refractivity contribution is 0.307. The molecule has 1 aliphatic rings. The summed E-state index contributed by atoms with van der Waals surface area (Å²) in [4.78, 5) is 1.53. The van der Waals surface area contributed by atoms with E-state index in [1.165, 1.54) is 52.8 Å². The van der Waals surface area contributed by atoms with E-state index in [-0.39, 0.29) is 0 Å². The predicted molar refractivity (Wildman–Crippen MR) is 82.7 cm³/mol. The Morgan fingerprint density at radius 3 is 2.83 bits per heavy atom. The molecule has 3 heteroatoms. The van der Waals surface area contributed by atoms with Crippen LogP contribution in [0.25, 0.3) is 9.40 Å². The van der Waals surface area contributed by atoms with E-state index in [9.17, 15) is 0 Å². The van der Waals surface area contributed by atoms with Crippen molar-refractivity contribution in [2.24, 2.45) is 5.92 Å². The highest BCUT2D eigenvalue weighted by atomic mass is 32.1. The smallest absolute Gasteiger partial charge is 0.0454 e. The minimum Gasteiger partial charge on any atom is -0.312 e. The zero-order valence-corrected chi connectivity index (χ0v) is 12.6. The van der Waals surface area contributed by atoms with Crippen LogP contribution in [-0.4, -0.2) is 7.05 Å². The Balaban J connectivity index is 1.72. The van der Waals surface area contributed by atoms with Gasteiger partial charge in [-0.3, -0.25) is 0 Å². The van der Waals surface area contributed by atoms with Crippen LogP contribution in [0.3, 0.4) is 0 Å². The molecular formula is C15H21NS2. The van der Waals surface area contributed by atoms with Gasteiger partial charge in [0.05, 0.1) is 0 Å². The van der Waals surface area contributed by atoms with Crippen LogP contribution >= 0.6 is 22.7 Å². The number of hydrogen-bond acceptors (Lipinski definition) is 3. The second-order valence-corrected chi connectivity index (χ2v) is 7.44. The Bertz CT molecular complexity index is 465. The molecule has 0 spiro atoms. The van der Waals surface area contributed by atoms with Gasteiger partial charge in [-0.1, -0.05) is 32.1 Å². The van der Waals surface area contributed by atoms with E-state index in [0.29, 0.717) is 6.04 Å². The normalized spacial score (nSPS) is 19.4. The van der Waals surface area contributed by atoms with Crippen LogP contribution in [0.1, 0.15) is 49.4 Å². The Hall–Kier alpha value is -0.380. The molecule has 0 aromatic carbocycles. The summed E-state index contributed by atoms with van der Waals surface area (Å²) in [6.45, 7) is 0. The van der Waals surface area contributed by atoms with Crippen LogP contribution in [0.15, 0.2) is 17.5 Å². The molecule has 1 atom stereocenters. The monoisotopic (exact) mass is 279 g/mol. The average molecular weight is 279 g/mol. The minimum absolute atomic E-state index is 0.567. The van der Waals surface area contributed by atoms with Crippen molar-refractivity contribution in [1.82, 2.24) is 5.32 Å². The van der Waals surface area contributed by atoms with Gasteiger partial charge in [0.2, 0.25) is 0 Å². The SMILES string of the molecule is CNC(CC1CCCCC1)c1cc2sccc2s1. The molecule has 1 aliphatic carbocycles. The first-order chi connectivity index (χ1) is 8.86. The molecule has 1 saturated carbocycles. The van der Waals surface area contributed by atoms with Gasteiger partial charge in [0, 0.05) is 20.3 Å². The second-order valence-electron chi connectivity index (χ2n) is 5.38. The fourth-order valence-electron chi connectivity index (χ4n) is 3.09. The Kier molecular flexibility index (Phi) is 4.02. The summed E-state index contributed by atoms with van der Waals surface area (Å²) in [5, 5.41) is 5.73. The number of fused-ring (bicyclic) bond motifs is 1. The molecule has 2 aromatic heterocycles. The third-order valence-corrected chi connectivity index (χ3v) is 6.35. The molecule has 2 aromatic rings. The molecule has 1 fully saturated rings. The van der Waals surface area contributed by atoms with Gasteiger partial charge in [-0.15, -0.1) is 22.7 Å². The Labute approximate surface area is 117 Å². The average Bonchev–Trinajstić information content (AvgIpc) is 2.98. The summed E-state index contributed by atoms with van der Waals surface area (Å²) in [6.07, 6.45) is 8.55. The zero-order chi connectivity index (χ0) is 12.4. The van der Waals surface area contributed by atoms with Crippen molar-refractivity contribution in [3.8, 4) is 0 Å². The number of thiophene rings is 2. The molecule has 1 N–H and O–H groups in total. The highest BCUT2D eigenvalue weighted by Crippen LogP contribution is 2.37. The maximum atomic E-state index is 3.53. The Morgan fingerprint density at radius 2 is 2.11 bits per heavy atom. The van der Waals surface area contributed by atoms with Gasteiger partial charge in [0.1, 0.15) is 0 Å². The van der Waals surface area contributed by atoms with E-state index in [1.807, 2.05) is 22.7 Å². The molecule has 18 heavy (non-hydrogen) atoms. The summed E-state index contributed by atoms with van der Waals surface area (Å²) in [5.74, 6) is 0.941. The molecule has 0 aliphatic heterocycles. The van der Waals surface area contributed by atoms with Crippen LogP contribution in [0, 0.1) is 5.92 Å². The summed E-state index contributed by atoms with van der Waals surface area (Å²) >= 11 is 3.84. The fourth-order valence-corrected chi connectivity index (χ4v) is 5.33. The Morgan fingerprint density at radius 1 is 1.28 bits per heavy atom. The summed E-state index contributed by atoms with van der Waals surface area (Å²) < 4.78 is 2.91. The largest absolute Gasteiger partial charge is 0.312 e. The second kappa shape index (κ2) is 5.72. The zero-order valence-electron chi connectivity index (χ0n) is 10.9. The number of rotatable bonds is 4. The van der Waals surface area contributed by atoms with Gasteiger partial charge in [-0.2, -0.15) is 0 Å². The van der Waals surface area contributed by atoms with Crippen LogP contribution in [-0.2, 0) is 0 Å². The van der Waals surface area contributed by atoms with Gasteiger partial charge in [-0.25, -0.2) is 0 Å². The minimum atomic E-state index is 0.567. The third kappa shape index (κ3) is 2.63. The summed E-state index contributed by atoms with van der Waals surface area (Å²) in [5.41, 5.74) is 0. The van der Waals surface area contributed by atoms with Crippen LogP contribution < -0.4 is 5.32 Å². The van der Waals surface area contributed by atoms with Crippen molar-refractivity contribution in [3.63, 3.8) is 0 Å². The van der Waals surface area contributed by atoms with Crippen molar-refractivity contribution in [1.29, 1.82) is 0 Å². The van der Waals surface area contributed by atoms with E-state index in [4.69, 9.17) is 0 Å². The van der Waals surface area contributed by atoms with Crippen molar-refractivity contribution >= 4 is 32.1 Å². The lowest BCUT2D eigenvalue weighted by Crippen LogP contribution is -2.20. The quantitative estimate of drug-likeness (QED) is 0.811. The molecule has 1 nitrogen and oxygen atoms in total. The van der Waals surface area contributed by atoms with Gasteiger partial charge in [-0.05, 0) is 36.9 Å². The molecule has 1 unspecified atom stereocenters. The van der Waals surface area contributed by atoms with Gasteiger partial charge in [0.15, 0.2) is 0 Å². The van der Waals surface area contributed by atoms with Gasteiger partial charge >= 0.3 is 0 Å². The van der Waals surface area contributed by atoms with E-state index in [1.54, 1.807) is 0 Å². The highest BCUT2D eigenvalue weighted by molar-refractivity contribution is 7.26. The van der Waals surface area contributed by atoms with Crippen molar-refractivity contribution < 1.29 is 0 Å². The molecule has 0 radical (unpaired) electrons. The summed E-state index contributed by atoms with van der Waals surface area (Å²) in [6, 6.07) is 5.22. The van der Waals surface area contributed by atoms with Crippen molar-refractivity contribution in [2.45, 2.75) is 44.6 Å². The molecule has 0 amide bonds. The van der Waals surface area contributed by atoms with Crippen molar-refractivity contribution in [3.05, 3.63) is 22.4 Å². The van der Waals surface area contributed by atoms with E-state index in [0.717, 1.165) is 5.92 Å². The van der Waals surface area contributed by atoms with Gasteiger partial charge < -0.3 is 5.32 Å². The number of nitrogens with one attached hydrogen (secondary N) is 1. The van der Waals surface area contributed by atoms with Crippen molar-refractivity contribution in [2.75, 3.05) is 7.05 Å². The maximum Gasteiger partial charge on any atom is 0.0454 e. The third-order valence-electron chi connectivity index (χ3n) is 4.14. The van der Waals surface area contributed by atoms with Crippen LogP contribution in [0.2, 0.25) is 0 Å². The first-order valence-corrected chi connectivity index (χ1v) is 8.70. The first kappa shape index (κ1) is 12.6. The summed E-state index contributed by atoms with van der Waals surface area (Å²) in [7, 11) is 2.11. The lowest BCUT2D eigenvalue weighted by Gasteiger charge is -2.25. The maximum absolute atomic E-state index is 3.53. The number of hydrogen-bond donors (Lipinski definition) is 1. The fraction of sp³-hybridized carbons (Fsp3) is 0.600. The highest BCUT2D eigenvalue weighted by Gasteiger charge is 2.20. The predicted octanol–water partition coefficient (Wildman–Crippen LogP) is 5.19. The standard InChI is InChI=1S/C15H21NS2/c1-16-12(9-11-5-3-2-4-6-11)14-10-15-13(18-14)7-8-17-15/h7-8,10-12,16H,2-6,9H2,1H3. The van der Waals surface area contributed by atoms with Crippen LogP contribution in [0.5, 0.6) is 0 Å². The van der Waals surface area contributed by atoms with E-state index in [2.05, 4.69) is 29.9 Å². The molecule has 0 bridgehead atoms.